The standard InChI is InChI=1S/C21H33N3O6Si/c1-20(2,3)31(6,7)29-12(11-25)8-17(26)22-18-13-9-14-15(24-30-23-14)10-16(13)28-21(4,5)19(18)27/h9-10,12,18-19,25,27H,8,11H2,1-7H3,(H,22,26). The zero-order valence-electron chi connectivity index (χ0n) is 19.2. The largest absolute Gasteiger partial charge is 0.485 e. The molecule has 3 N–H and O–H groups in total. The van der Waals surface area contributed by atoms with Gasteiger partial charge in [-0.3, -0.25) is 4.79 Å². The lowest BCUT2D eigenvalue weighted by Crippen LogP contribution is -2.54. The Hall–Kier alpha value is -2.01. The molecule has 1 aromatic carbocycles. The van der Waals surface area contributed by atoms with Gasteiger partial charge in [-0.25, -0.2) is 4.63 Å². The van der Waals surface area contributed by atoms with E-state index in [4.69, 9.17) is 13.8 Å². The molecule has 1 aliphatic rings. The highest BCUT2D eigenvalue weighted by molar-refractivity contribution is 6.74. The van der Waals surface area contributed by atoms with Crippen molar-refractivity contribution < 1.29 is 28.8 Å². The molecule has 2 heterocycles. The van der Waals surface area contributed by atoms with E-state index in [1.54, 1.807) is 26.0 Å². The number of carbonyl (C=O) groups is 1. The first kappa shape index (κ1) is 23.6. The maximum atomic E-state index is 12.9. The van der Waals surface area contributed by atoms with Gasteiger partial charge in [0.1, 0.15) is 28.5 Å². The molecular weight excluding hydrogens is 418 g/mol. The number of amides is 1. The van der Waals surface area contributed by atoms with Gasteiger partial charge in [0.2, 0.25) is 5.91 Å². The number of carbonyl (C=O) groups excluding carboxylic acids is 1. The van der Waals surface area contributed by atoms with E-state index in [-0.39, 0.29) is 24.0 Å². The van der Waals surface area contributed by atoms with Crippen LogP contribution in [0.2, 0.25) is 18.1 Å². The first-order chi connectivity index (χ1) is 14.2. The minimum atomic E-state index is -2.16. The Labute approximate surface area is 183 Å². The van der Waals surface area contributed by atoms with Crippen molar-refractivity contribution >= 4 is 25.3 Å². The SMILES string of the molecule is CC1(C)Oc2cc3nonc3cc2C(NC(=O)CC(CO)O[Si](C)(C)C(C)(C)C)C1O. The van der Waals surface area contributed by atoms with Crippen molar-refractivity contribution in [2.24, 2.45) is 0 Å². The molecule has 0 aliphatic carbocycles. The molecule has 0 radical (unpaired) electrons. The third kappa shape index (κ3) is 4.76. The van der Waals surface area contributed by atoms with E-state index >= 15 is 0 Å². The van der Waals surface area contributed by atoms with Gasteiger partial charge < -0.3 is 24.7 Å². The molecule has 172 valence electrons. The fourth-order valence-electron chi connectivity index (χ4n) is 3.41. The van der Waals surface area contributed by atoms with Crippen LogP contribution in [0.1, 0.15) is 52.6 Å². The summed E-state index contributed by atoms with van der Waals surface area (Å²) in [4.78, 5) is 12.9. The zero-order chi connectivity index (χ0) is 23.2. The first-order valence-electron chi connectivity index (χ1n) is 10.5. The number of ether oxygens (including phenoxy) is 1. The normalized spacial score (nSPS) is 22.0. The average molecular weight is 452 g/mol. The second kappa shape index (κ2) is 8.16. The van der Waals surface area contributed by atoms with E-state index in [1.807, 2.05) is 0 Å². The lowest BCUT2D eigenvalue weighted by Gasteiger charge is -2.42. The molecule has 1 aliphatic heterocycles. The maximum Gasteiger partial charge on any atom is 0.223 e. The van der Waals surface area contributed by atoms with E-state index in [0.717, 1.165) is 0 Å². The van der Waals surface area contributed by atoms with E-state index in [9.17, 15) is 15.0 Å². The van der Waals surface area contributed by atoms with Crippen molar-refractivity contribution in [2.75, 3.05) is 6.61 Å². The second-order valence-corrected chi connectivity index (χ2v) is 15.0. The maximum absolute atomic E-state index is 12.9. The summed E-state index contributed by atoms with van der Waals surface area (Å²) in [5.41, 5.74) is 0.681. The Balaban J connectivity index is 1.81. The molecule has 3 atom stereocenters. The number of nitrogens with zero attached hydrogens (tertiary/aromatic N) is 2. The quantitative estimate of drug-likeness (QED) is 0.572. The Morgan fingerprint density at radius 2 is 1.90 bits per heavy atom. The molecule has 2 aromatic rings. The van der Waals surface area contributed by atoms with Crippen molar-refractivity contribution in [3.05, 3.63) is 17.7 Å². The van der Waals surface area contributed by atoms with Crippen molar-refractivity contribution in [2.45, 2.75) is 83.0 Å². The van der Waals surface area contributed by atoms with Gasteiger partial charge in [0.25, 0.3) is 0 Å². The van der Waals surface area contributed by atoms with Crippen LogP contribution in [0.3, 0.4) is 0 Å². The van der Waals surface area contributed by atoms with Gasteiger partial charge in [-0.2, -0.15) is 0 Å². The lowest BCUT2D eigenvalue weighted by atomic mass is 9.86. The molecule has 0 spiro atoms. The second-order valence-electron chi connectivity index (χ2n) is 10.2. The van der Waals surface area contributed by atoms with Gasteiger partial charge in [0.15, 0.2) is 8.32 Å². The predicted molar refractivity (Wildman–Crippen MR) is 117 cm³/mol. The molecule has 0 fully saturated rings. The summed E-state index contributed by atoms with van der Waals surface area (Å²) in [6.45, 7) is 13.7. The summed E-state index contributed by atoms with van der Waals surface area (Å²) in [5.74, 6) is 0.170. The van der Waals surface area contributed by atoms with Gasteiger partial charge in [-0.15, -0.1) is 0 Å². The van der Waals surface area contributed by atoms with Gasteiger partial charge in [0, 0.05) is 11.6 Å². The van der Waals surface area contributed by atoms with Gasteiger partial charge >= 0.3 is 0 Å². The number of benzene rings is 1. The minimum Gasteiger partial charge on any atom is -0.485 e. The van der Waals surface area contributed by atoms with Crippen molar-refractivity contribution in [3.63, 3.8) is 0 Å². The van der Waals surface area contributed by atoms with Crippen LogP contribution in [-0.2, 0) is 9.22 Å². The van der Waals surface area contributed by atoms with Crippen LogP contribution in [-0.4, -0.2) is 59.2 Å². The number of nitrogens with one attached hydrogen (secondary N) is 1. The van der Waals surface area contributed by atoms with Crippen molar-refractivity contribution in [3.8, 4) is 5.75 Å². The van der Waals surface area contributed by atoms with Crippen LogP contribution < -0.4 is 10.1 Å². The highest BCUT2D eigenvalue weighted by Crippen LogP contribution is 2.41. The topological polar surface area (TPSA) is 127 Å². The van der Waals surface area contributed by atoms with Crippen LogP contribution in [0.25, 0.3) is 11.0 Å². The van der Waals surface area contributed by atoms with E-state index in [1.165, 1.54) is 0 Å². The number of aliphatic hydroxyl groups excluding tert-OH is 2. The fourth-order valence-corrected chi connectivity index (χ4v) is 4.75. The minimum absolute atomic E-state index is 0.0173. The molecular formula is C21H33N3O6Si. The number of rotatable bonds is 6. The van der Waals surface area contributed by atoms with Gasteiger partial charge in [-0.05, 0) is 48.4 Å². The summed E-state index contributed by atoms with van der Waals surface area (Å²) >= 11 is 0. The van der Waals surface area contributed by atoms with Crippen LogP contribution in [0, 0.1) is 0 Å². The number of hydrogen-bond donors (Lipinski definition) is 3. The Morgan fingerprint density at radius 3 is 2.48 bits per heavy atom. The van der Waals surface area contributed by atoms with Gasteiger partial charge in [0.05, 0.1) is 25.2 Å². The molecule has 1 amide bonds. The number of hydrogen-bond acceptors (Lipinski definition) is 8. The third-order valence-electron chi connectivity index (χ3n) is 6.32. The summed E-state index contributed by atoms with van der Waals surface area (Å²) in [6, 6.07) is 2.66. The lowest BCUT2D eigenvalue weighted by molar-refractivity contribution is -0.127. The van der Waals surface area contributed by atoms with Crippen LogP contribution in [0.5, 0.6) is 5.75 Å². The fraction of sp³-hybridized carbons (Fsp3) is 0.667. The number of fused-ring (bicyclic) bond motifs is 2. The Bertz CT molecular complexity index is 952. The molecule has 31 heavy (non-hydrogen) atoms. The summed E-state index contributed by atoms with van der Waals surface area (Å²) in [6.07, 6.45) is -1.64. The predicted octanol–water partition coefficient (Wildman–Crippen LogP) is 2.68. The third-order valence-corrected chi connectivity index (χ3v) is 10.9. The molecule has 1 aromatic heterocycles. The highest BCUT2D eigenvalue weighted by atomic mass is 28.4. The molecule has 10 heteroatoms. The first-order valence-corrected chi connectivity index (χ1v) is 13.4. The molecule has 3 unspecified atom stereocenters. The molecule has 0 saturated carbocycles. The molecule has 0 saturated heterocycles. The van der Waals surface area contributed by atoms with Crippen LogP contribution in [0.15, 0.2) is 16.8 Å². The van der Waals surface area contributed by atoms with E-state index in [2.05, 4.69) is 49.5 Å². The van der Waals surface area contributed by atoms with Crippen LogP contribution in [0.4, 0.5) is 0 Å². The molecule has 9 nitrogen and oxygen atoms in total. The Morgan fingerprint density at radius 1 is 1.29 bits per heavy atom. The summed E-state index contributed by atoms with van der Waals surface area (Å²) in [7, 11) is -2.16. The summed E-state index contributed by atoms with van der Waals surface area (Å²) in [5, 5.41) is 31.3. The molecule has 3 rings (SSSR count). The summed E-state index contributed by atoms with van der Waals surface area (Å²) < 4.78 is 16.9. The smallest absolute Gasteiger partial charge is 0.223 e. The zero-order valence-corrected chi connectivity index (χ0v) is 20.2. The van der Waals surface area contributed by atoms with Crippen molar-refractivity contribution in [1.82, 2.24) is 15.6 Å². The van der Waals surface area contributed by atoms with E-state index in [0.29, 0.717) is 22.3 Å². The van der Waals surface area contributed by atoms with Gasteiger partial charge in [-0.1, -0.05) is 20.8 Å². The Kier molecular flexibility index (Phi) is 6.22. The highest BCUT2D eigenvalue weighted by Gasteiger charge is 2.44. The average Bonchev–Trinajstić information content (AvgIpc) is 3.09. The van der Waals surface area contributed by atoms with Crippen LogP contribution >= 0.6 is 0 Å². The monoisotopic (exact) mass is 451 g/mol. The number of aliphatic hydroxyl groups is 2. The number of aromatic nitrogens is 2. The van der Waals surface area contributed by atoms with Crippen molar-refractivity contribution in [1.29, 1.82) is 0 Å². The van der Waals surface area contributed by atoms with E-state index < -0.39 is 32.2 Å². The molecule has 0 bridgehead atoms.